The molecule has 2 amide bonds. The van der Waals surface area contributed by atoms with Crippen LogP contribution in [0.4, 0.5) is 5.69 Å². The molecule has 1 N–H and O–H groups in total. The number of anilines is 1. The molecule has 8 nitrogen and oxygen atoms in total. The molecule has 0 saturated heterocycles. The molecule has 0 atom stereocenters. The first-order chi connectivity index (χ1) is 12.5. The number of amides is 2. The van der Waals surface area contributed by atoms with Crippen molar-refractivity contribution in [2.75, 3.05) is 45.0 Å². The molecule has 1 aliphatic heterocycles. The number of nitrogens with one attached hydrogen (secondary N) is 1. The third-order valence-corrected chi connectivity index (χ3v) is 4.16. The van der Waals surface area contributed by atoms with Crippen molar-refractivity contribution in [1.82, 2.24) is 4.90 Å². The van der Waals surface area contributed by atoms with Gasteiger partial charge in [-0.2, -0.15) is 0 Å². The molecule has 1 aromatic carbocycles. The Balaban J connectivity index is 1.79. The van der Waals surface area contributed by atoms with Gasteiger partial charge < -0.3 is 24.4 Å². The predicted molar refractivity (Wildman–Crippen MR) is 95.4 cm³/mol. The Hall–Kier alpha value is -2.68. The summed E-state index contributed by atoms with van der Waals surface area (Å²) in [7, 11) is 1.45. The number of likely N-dealkylation sites (N-methyl/N-ethyl adjacent to an activating group) is 1. The quantitative estimate of drug-likeness (QED) is 0.562. The highest BCUT2D eigenvalue weighted by atomic mass is 32.2. The van der Waals surface area contributed by atoms with Crippen molar-refractivity contribution in [1.29, 1.82) is 0 Å². The lowest BCUT2D eigenvalue weighted by Crippen LogP contribution is -2.37. The van der Waals surface area contributed by atoms with E-state index in [0.29, 0.717) is 12.3 Å². The van der Waals surface area contributed by atoms with E-state index in [1.807, 2.05) is 24.5 Å². The van der Waals surface area contributed by atoms with E-state index in [0.717, 1.165) is 11.2 Å². The lowest BCUT2D eigenvalue weighted by Gasteiger charge is -2.18. The molecule has 1 heterocycles. The van der Waals surface area contributed by atoms with E-state index < -0.39 is 18.5 Å². The lowest BCUT2D eigenvalue weighted by atomic mass is 10.3. The normalized spacial score (nSPS) is 12.9. The predicted octanol–water partition coefficient (Wildman–Crippen LogP) is 1.24. The third-order valence-electron chi connectivity index (χ3n) is 3.36. The maximum absolute atomic E-state index is 12.1. The molecule has 0 unspecified atom stereocenters. The second-order valence-electron chi connectivity index (χ2n) is 5.28. The van der Waals surface area contributed by atoms with E-state index in [9.17, 15) is 14.4 Å². The Morgan fingerprint density at radius 3 is 2.73 bits per heavy atom. The Bertz CT molecular complexity index is 706. The van der Waals surface area contributed by atoms with Crippen LogP contribution in [-0.4, -0.2) is 62.4 Å². The van der Waals surface area contributed by atoms with Gasteiger partial charge in [0.05, 0.1) is 12.2 Å². The van der Waals surface area contributed by atoms with Crippen LogP contribution in [0.5, 0.6) is 0 Å². The summed E-state index contributed by atoms with van der Waals surface area (Å²) < 4.78 is 14.9. The largest absolute Gasteiger partial charge is 0.493 e. The van der Waals surface area contributed by atoms with Crippen molar-refractivity contribution in [2.24, 2.45) is 0 Å². The molecule has 1 aliphatic rings. The van der Waals surface area contributed by atoms with E-state index in [1.54, 1.807) is 6.07 Å². The zero-order valence-electron chi connectivity index (χ0n) is 14.5. The summed E-state index contributed by atoms with van der Waals surface area (Å²) >= 11 is 1.51. The van der Waals surface area contributed by atoms with Crippen LogP contribution >= 0.6 is 11.8 Å². The summed E-state index contributed by atoms with van der Waals surface area (Å²) in [6.45, 7) is -0.0637. The summed E-state index contributed by atoms with van der Waals surface area (Å²) in [6, 6.07) is 7.37. The number of hydrogen-bond donors (Lipinski definition) is 1. The number of rotatable bonds is 7. The average molecular weight is 380 g/mol. The second kappa shape index (κ2) is 9.71. The summed E-state index contributed by atoms with van der Waals surface area (Å²) in [5.74, 6) is -1.73. The lowest BCUT2D eigenvalue weighted by molar-refractivity contribution is -0.152. The molecule has 0 fully saturated rings. The number of carbonyl (C=O) groups is 3. The van der Waals surface area contributed by atoms with Gasteiger partial charge in [0.25, 0.3) is 5.91 Å². The first kappa shape index (κ1) is 19.6. The molecule has 2 rings (SSSR count). The molecule has 0 radical (unpaired) electrons. The average Bonchev–Trinajstić information content (AvgIpc) is 2.66. The fourth-order valence-electron chi connectivity index (χ4n) is 2.03. The van der Waals surface area contributed by atoms with Gasteiger partial charge in [-0.05, 0) is 18.4 Å². The highest BCUT2D eigenvalue weighted by Crippen LogP contribution is 2.24. The zero-order valence-corrected chi connectivity index (χ0v) is 15.3. The van der Waals surface area contributed by atoms with Gasteiger partial charge >= 0.3 is 5.97 Å². The van der Waals surface area contributed by atoms with Gasteiger partial charge in [0, 0.05) is 11.9 Å². The minimum Gasteiger partial charge on any atom is -0.493 e. The first-order valence-corrected chi connectivity index (χ1v) is 9.02. The number of hydrogen-bond acceptors (Lipinski definition) is 7. The van der Waals surface area contributed by atoms with Crippen molar-refractivity contribution in [3.05, 3.63) is 36.3 Å². The van der Waals surface area contributed by atoms with Crippen LogP contribution in [0.2, 0.25) is 0 Å². The molecule has 26 heavy (non-hydrogen) atoms. The molecular weight excluding hydrogens is 360 g/mol. The van der Waals surface area contributed by atoms with Gasteiger partial charge in [-0.15, -0.1) is 11.8 Å². The number of thioether (sulfide) groups is 1. The standard InChI is InChI=1S/C17H20N2O6S/c1-19(9-15(20)18-12-5-3-4-6-14(12)26-2)16(21)11-25-17(22)13-10-23-7-8-24-13/h3-6,10H,7-9,11H2,1-2H3,(H,18,20). The van der Waals surface area contributed by atoms with Crippen molar-refractivity contribution in [3.63, 3.8) is 0 Å². The van der Waals surface area contributed by atoms with Crippen LogP contribution in [0.25, 0.3) is 0 Å². The van der Waals surface area contributed by atoms with E-state index in [2.05, 4.69) is 5.32 Å². The van der Waals surface area contributed by atoms with Gasteiger partial charge in [-0.3, -0.25) is 9.59 Å². The van der Waals surface area contributed by atoms with Gasteiger partial charge in [0.1, 0.15) is 19.5 Å². The monoisotopic (exact) mass is 380 g/mol. The molecule has 0 spiro atoms. The topological polar surface area (TPSA) is 94.2 Å². The fraction of sp³-hybridized carbons (Fsp3) is 0.353. The van der Waals surface area contributed by atoms with Gasteiger partial charge in [0.15, 0.2) is 6.61 Å². The summed E-state index contributed by atoms with van der Waals surface area (Å²) in [4.78, 5) is 37.9. The molecule has 0 aliphatic carbocycles. The van der Waals surface area contributed by atoms with Crippen LogP contribution in [0.15, 0.2) is 41.2 Å². The molecule has 1 aromatic rings. The number of carbonyl (C=O) groups excluding carboxylic acids is 3. The summed E-state index contributed by atoms with van der Waals surface area (Å²) in [5.41, 5.74) is 0.679. The molecule has 9 heteroatoms. The van der Waals surface area contributed by atoms with Crippen molar-refractivity contribution >= 4 is 35.2 Å². The van der Waals surface area contributed by atoms with Crippen molar-refractivity contribution < 1.29 is 28.6 Å². The minimum atomic E-state index is -0.787. The van der Waals surface area contributed by atoms with E-state index in [1.165, 1.54) is 23.7 Å². The van der Waals surface area contributed by atoms with Crippen LogP contribution < -0.4 is 5.32 Å². The number of ether oxygens (including phenoxy) is 3. The van der Waals surface area contributed by atoms with Crippen LogP contribution in [0.3, 0.4) is 0 Å². The number of para-hydroxylation sites is 1. The molecule has 0 aromatic heterocycles. The van der Waals surface area contributed by atoms with E-state index >= 15 is 0 Å². The van der Waals surface area contributed by atoms with Crippen molar-refractivity contribution in [2.45, 2.75) is 4.90 Å². The Morgan fingerprint density at radius 2 is 2.04 bits per heavy atom. The number of benzene rings is 1. The number of esters is 1. The van der Waals surface area contributed by atoms with Crippen LogP contribution in [0, 0.1) is 0 Å². The molecular formula is C17H20N2O6S. The summed E-state index contributed by atoms with van der Waals surface area (Å²) in [5, 5.41) is 2.76. The molecule has 140 valence electrons. The van der Waals surface area contributed by atoms with Crippen LogP contribution in [0.1, 0.15) is 0 Å². The van der Waals surface area contributed by atoms with Gasteiger partial charge in [-0.25, -0.2) is 4.79 Å². The highest BCUT2D eigenvalue weighted by molar-refractivity contribution is 7.98. The van der Waals surface area contributed by atoms with Crippen molar-refractivity contribution in [3.8, 4) is 0 Å². The Labute approximate surface area is 155 Å². The number of nitrogens with zero attached hydrogens (tertiary/aromatic N) is 1. The maximum Gasteiger partial charge on any atom is 0.377 e. The van der Waals surface area contributed by atoms with E-state index in [4.69, 9.17) is 14.2 Å². The minimum absolute atomic E-state index is 0.0851. The van der Waals surface area contributed by atoms with Crippen LogP contribution in [-0.2, 0) is 28.6 Å². The third kappa shape index (κ3) is 5.69. The second-order valence-corrected chi connectivity index (χ2v) is 6.12. The SMILES string of the molecule is CSc1ccccc1NC(=O)CN(C)C(=O)COC(=O)C1=COCCO1. The Morgan fingerprint density at radius 1 is 1.27 bits per heavy atom. The van der Waals surface area contributed by atoms with E-state index in [-0.39, 0.29) is 24.8 Å². The zero-order chi connectivity index (χ0) is 18.9. The van der Waals surface area contributed by atoms with Gasteiger partial charge in [-0.1, -0.05) is 12.1 Å². The molecule has 0 saturated carbocycles. The molecule has 0 bridgehead atoms. The fourth-order valence-corrected chi connectivity index (χ4v) is 2.58. The first-order valence-electron chi connectivity index (χ1n) is 7.79. The Kier molecular flexibility index (Phi) is 7.34. The maximum atomic E-state index is 12.1. The highest BCUT2D eigenvalue weighted by Gasteiger charge is 2.20. The van der Waals surface area contributed by atoms with Gasteiger partial charge in [0.2, 0.25) is 11.7 Å². The summed E-state index contributed by atoms with van der Waals surface area (Å²) in [6.07, 6.45) is 3.06. The smallest absolute Gasteiger partial charge is 0.377 e.